The Morgan fingerprint density at radius 3 is 2.77 bits per heavy atom. The Hall–Kier alpha value is -1.29. The Morgan fingerprint density at radius 2 is 2.23 bits per heavy atom. The number of benzene rings is 1. The molecule has 0 fully saturated rings. The maximum atomic E-state index is 12.9. The molecule has 0 aliphatic rings. The summed E-state index contributed by atoms with van der Waals surface area (Å²) in [7, 11) is 1.16. The Labute approximate surface area is 78.7 Å². The highest BCUT2D eigenvalue weighted by atomic mass is 35.5. The summed E-state index contributed by atoms with van der Waals surface area (Å²) < 4.78 is 17.2. The average molecular weight is 205 g/mol. The Morgan fingerprint density at radius 1 is 1.62 bits per heavy atom. The molecule has 0 atom stereocenters. The van der Waals surface area contributed by atoms with Gasteiger partial charge in [0.05, 0.1) is 17.7 Å². The third kappa shape index (κ3) is 1.72. The maximum absolute atomic E-state index is 12.9. The van der Waals surface area contributed by atoms with Crippen LogP contribution in [0.25, 0.3) is 0 Å². The van der Waals surface area contributed by atoms with E-state index in [0.717, 1.165) is 13.2 Å². The van der Waals surface area contributed by atoms with Crippen LogP contribution in [-0.2, 0) is 4.74 Å². The van der Waals surface area contributed by atoms with E-state index in [4.69, 9.17) is 16.7 Å². The van der Waals surface area contributed by atoms with Gasteiger partial charge in [0.25, 0.3) is 0 Å². The first-order chi connectivity index (χ1) is 6.07. The Kier molecular flexibility index (Phi) is 2.72. The third-order valence-corrected chi connectivity index (χ3v) is 1.84. The van der Waals surface area contributed by atoms with E-state index in [1.807, 2.05) is 0 Å². The lowest BCUT2D eigenvalue weighted by Gasteiger charge is -2.03. The highest BCUT2D eigenvalue weighted by Crippen LogP contribution is 2.27. The average Bonchev–Trinajstić information content (AvgIpc) is 2.13. The van der Waals surface area contributed by atoms with Gasteiger partial charge in [-0.3, -0.25) is 0 Å². The largest absolute Gasteiger partial charge is 0.505 e. The van der Waals surface area contributed by atoms with Crippen LogP contribution in [0.5, 0.6) is 5.75 Å². The smallest absolute Gasteiger partial charge is 0.339 e. The van der Waals surface area contributed by atoms with Crippen molar-refractivity contribution in [1.29, 1.82) is 0 Å². The topological polar surface area (TPSA) is 46.5 Å². The van der Waals surface area contributed by atoms with Crippen LogP contribution in [-0.4, -0.2) is 18.2 Å². The fourth-order valence-electron chi connectivity index (χ4n) is 0.807. The fraction of sp³-hybridized carbons (Fsp3) is 0.125. The molecular formula is C8H6ClFO3. The van der Waals surface area contributed by atoms with E-state index in [0.29, 0.717) is 0 Å². The zero-order valence-corrected chi connectivity index (χ0v) is 7.43. The SMILES string of the molecule is COC(=O)c1ccc(O)c(F)c1Cl. The van der Waals surface area contributed by atoms with Gasteiger partial charge in [-0.1, -0.05) is 11.6 Å². The van der Waals surface area contributed by atoms with E-state index in [9.17, 15) is 9.18 Å². The predicted molar refractivity (Wildman–Crippen MR) is 44.4 cm³/mol. The summed E-state index contributed by atoms with van der Waals surface area (Å²) in [6.07, 6.45) is 0. The second kappa shape index (κ2) is 3.62. The molecule has 0 heterocycles. The monoisotopic (exact) mass is 204 g/mol. The zero-order valence-electron chi connectivity index (χ0n) is 6.67. The summed E-state index contributed by atoms with van der Waals surface area (Å²) in [6.45, 7) is 0. The molecule has 70 valence electrons. The second-order valence-corrected chi connectivity index (χ2v) is 2.63. The molecule has 0 bridgehead atoms. The molecule has 0 aliphatic heterocycles. The van der Waals surface area contributed by atoms with Crippen molar-refractivity contribution in [3.05, 3.63) is 28.5 Å². The van der Waals surface area contributed by atoms with E-state index in [1.54, 1.807) is 0 Å². The van der Waals surface area contributed by atoms with Crippen LogP contribution in [0, 0.1) is 5.82 Å². The second-order valence-electron chi connectivity index (χ2n) is 2.25. The van der Waals surface area contributed by atoms with Crippen molar-refractivity contribution in [2.75, 3.05) is 7.11 Å². The molecule has 0 amide bonds. The van der Waals surface area contributed by atoms with Crippen LogP contribution in [0.2, 0.25) is 5.02 Å². The van der Waals surface area contributed by atoms with Gasteiger partial charge in [-0.2, -0.15) is 0 Å². The minimum atomic E-state index is -1.02. The number of phenols is 1. The molecule has 0 aliphatic carbocycles. The summed E-state index contributed by atoms with van der Waals surface area (Å²) in [5.74, 6) is -2.37. The van der Waals surface area contributed by atoms with Crippen molar-refractivity contribution in [3.63, 3.8) is 0 Å². The van der Waals surface area contributed by atoms with Crippen molar-refractivity contribution in [2.45, 2.75) is 0 Å². The highest BCUT2D eigenvalue weighted by molar-refractivity contribution is 6.33. The van der Waals surface area contributed by atoms with Gasteiger partial charge < -0.3 is 9.84 Å². The number of aromatic hydroxyl groups is 1. The standard InChI is InChI=1S/C8H6ClFO3/c1-13-8(12)4-2-3-5(11)7(10)6(4)9/h2-3,11H,1H3. The molecular weight excluding hydrogens is 199 g/mol. The number of hydrogen-bond acceptors (Lipinski definition) is 3. The van der Waals surface area contributed by atoms with E-state index in [2.05, 4.69) is 4.74 Å². The summed E-state index contributed by atoms with van der Waals surface area (Å²) in [5, 5.41) is 8.43. The van der Waals surface area contributed by atoms with Crippen LogP contribution in [0.3, 0.4) is 0 Å². The summed E-state index contributed by atoms with van der Waals surface area (Å²) in [4.78, 5) is 10.9. The Bertz CT molecular complexity index is 351. The number of hydrogen-bond donors (Lipinski definition) is 1. The molecule has 13 heavy (non-hydrogen) atoms. The van der Waals surface area contributed by atoms with Crippen molar-refractivity contribution >= 4 is 17.6 Å². The molecule has 1 aromatic rings. The molecule has 0 saturated heterocycles. The minimum Gasteiger partial charge on any atom is -0.505 e. The molecule has 0 aromatic heterocycles. The molecule has 0 saturated carbocycles. The minimum absolute atomic E-state index is 0.112. The zero-order chi connectivity index (χ0) is 10.0. The van der Waals surface area contributed by atoms with Gasteiger partial charge in [-0.15, -0.1) is 0 Å². The van der Waals surface area contributed by atoms with Crippen LogP contribution in [0.15, 0.2) is 12.1 Å². The number of methoxy groups -OCH3 is 1. The number of phenolic OH excluding ortho intramolecular Hbond substituents is 1. The number of carbonyl (C=O) groups is 1. The van der Waals surface area contributed by atoms with E-state index in [1.165, 1.54) is 6.07 Å². The first-order valence-corrected chi connectivity index (χ1v) is 3.71. The predicted octanol–water partition coefficient (Wildman–Crippen LogP) is 1.97. The van der Waals surface area contributed by atoms with Crippen LogP contribution in [0.4, 0.5) is 4.39 Å². The van der Waals surface area contributed by atoms with Gasteiger partial charge in [-0.05, 0) is 12.1 Å². The fourth-order valence-corrected chi connectivity index (χ4v) is 1.04. The van der Waals surface area contributed by atoms with Crippen LogP contribution in [0.1, 0.15) is 10.4 Å². The van der Waals surface area contributed by atoms with Crippen molar-refractivity contribution in [3.8, 4) is 5.75 Å². The maximum Gasteiger partial charge on any atom is 0.339 e. The van der Waals surface area contributed by atoms with Crippen LogP contribution >= 0.6 is 11.6 Å². The quantitative estimate of drug-likeness (QED) is 0.712. The number of halogens is 2. The Balaban J connectivity index is 3.26. The number of carbonyl (C=O) groups excluding carboxylic acids is 1. The number of esters is 1. The third-order valence-electron chi connectivity index (χ3n) is 1.47. The first kappa shape index (κ1) is 9.80. The van der Waals surface area contributed by atoms with Crippen LogP contribution < -0.4 is 0 Å². The molecule has 0 unspecified atom stereocenters. The number of rotatable bonds is 1. The molecule has 3 nitrogen and oxygen atoms in total. The van der Waals surface area contributed by atoms with E-state index >= 15 is 0 Å². The van der Waals surface area contributed by atoms with Crippen molar-refractivity contribution < 1.29 is 19.0 Å². The lowest BCUT2D eigenvalue weighted by molar-refractivity contribution is 0.0600. The van der Waals surface area contributed by atoms with Gasteiger partial charge in [-0.25, -0.2) is 9.18 Å². The van der Waals surface area contributed by atoms with E-state index in [-0.39, 0.29) is 5.56 Å². The molecule has 0 radical (unpaired) electrons. The van der Waals surface area contributed by atoms with Gasteiger partial charge >= 0.3 is 5.97 Å². The van der Waals surface area contributed by atoms with Crippen molar-refractivity contribution in [1.82, 2.24) is 0 Å². The summed E-state index contributed by atoms with van der Waals surface area (Å²) in [5.41, 5.74) is -0.112. The van der Waals surface area contributed by atoms with Crippen molar-refractivity contribution in [2.24, 2.45) is 0 Å². The molecule has 1 N–H and O–H groups in total. The number of ether oxygens (including phenoxy) is 1. The van der Waals surface area contributed by atoms with Gasteiger partial charge in [0.2, 0.25) is 0 Å². The molecule has 5 heteroatoms. The lowest BCUT2D eigenvalue weighted by Crippen LogP contribution is -2.02. The molecule has 0 spiro atoms. The lowest BCUT2D eigenvalue weighted by atomic mass is 10.2. The summed E-state index contributed by atoms with van der Waals surface area (Å²) in [6, 6.07) is 2.22. The summed E-state index contributed by atoms with van der Waals surface area (Å²) >= 11 is 5.44. The normalized spacial score (nSPS) is 9.77. The first-order valence-electron chi connectivity index (χ1n) is 3.33. The molecule has 1 rings (SSSR count). The van der Waals surface area contributed by atoms with E-state index < -0.39 is 22.6 Å². The highest BCUT2D eigenvalue weighted by Gasteiger charge is 2.16. The van der Waals surface area contributed by atoms with Gasteiger partial charge in [0.15, 0.2) is 11.6 Å². The molecule has 1 aromatic carbocycles. The van der Waals surface area contributed by atoms with Gasteiger partial charge in [0, 0.05) is 0 Å². The van der Waals surface area contributed by atoms with Gasteiger partial charge in [0.1, 0.15) is 0 Å².